The number of ether oxygens (including phenoxy) is 1. The summed E-state index contributed by atoms with van der Waals surface area (Å²) in [5.41, 5.74) is 6.19. The number of anilines is 1. The van der Waals surface area contributed by atoms with Crippen LogP contribution in [0.3, 0.4) is 0 Å². The fourth-order valence-corrected chi connectivity index (χ4v) is 1.93. The van der Waals surface area contributed by atoms with Gasteiger partial charge in [0.1, 0.15) is 0 Å². The number of hydrogen-bond donors (Lipinski definition) is 2. The van der Waals surface area contributed by atoms with Crippen molar-refractivity contribution in [2.24, 2.45) is 11.7 Å². The molecular formula is C14H19ClN2O3. The third-order valence-corrected chi connectivity index (χ3v) is 3.28. The third-order valence-electron chi connectivity index (χ3n) is 3.05. The van der Waals surface area contributed by atoms with Crippen molar-refractivity contribution < 1.29 is 14.3 Å². The number of carbonyl (C=O) groups is 2. The second kappa shape index (κ2) is 7.87. The van der Waals surface area contributed by atoms with Gasteiger partial charge in [0, 0.05) is 11.4 Å². The molecule has 0 bridgehead atoms. The van der Waals surface area contributed by atoms with Crippen LogP contribution in [0.1, 0.15) is 30.1 Å². The molecule has 1 rings (SSSR count). The van der Waals surface area contributed by atoms with Crippen molar-refractivity contribution in [2.75, 3.05) is 19.0 Å². The van der Waals surface area contributed by atoms with Gasteiger partial charge in [-0.1, -0.05) is 24.9 Å². The lowest BCUT2D eigenvalue weighted by molar-refractivity contribution is -0.117. The molecule has 0 aliphatic rings. The summed E-state index contributed by atoms with van der Waals surface area (Å²) in [7, 11) is 1.27. The van der Waals surface area contributed by atoms with Crippen LogP contribution in [-0.2, 0) is 9.53 Å². The van der Waals surface area contributed by atoms with E-state index in [4.69, 9.17) is 17.3 Å². The zero-order valence-electron chi connectivity index (χ0n) is 11.6. The summed E-state index contributed by atoms with van der Waals surface area (Å²) in [4.78, 5) is 23.6. The molecule has 0 aliphatic carbocycles. The van der Waals surface area contributed by atoms with Crippen LogP contribution < -0.4 is 11.1 Å². The molecule has 0 fully saturated rings. The van der Waals surface area contributed by atoms with E-state index in [1.807, 2.05) is 6.92 Å². The minimum absolute atomic E-state index is 0.129. The maximum Gasteiger partial charge on any atom is 0.340 e. The molecule has 0 aromatic heterocycles. The summed E-state index contributed by atoms with van der Waals surface area (Å²) in [5.74, 6) is -0.604. The lowest BCUT2D eigenvalue weighted by atomic mass is 10.0. The predicted molar refractivity (Wildman–Crippen MR) is 78.9 cm³/mol. The molecule has 3 N–H and O–H groups in total. The standard InChI is InChI=1S/C14H19ClN2O3/c1-3-9(8-16)6-13(18)17-12-5-4-10(15)7-11(12)14(19)20-2/h4-5,7,9H,3,6,8,16H2,1-2H3,(H,17,18). The smallest absolute Gasteiger partial charge is 0.340 e. The summed E-state index contributed by atoms with van der Waals surface area (Å²) in [6.45, 7) is 2.43. The Hall–Kier alpha value is -1.59. The molecule has 0 radical (unpaired) electrons. The molecule has 6 heteroatoms. The highest BCUT2D eigenvalue weighted by Gasteiger charge is 2.16. The van der Waals surface area contributed by atoms with E-state index in [1.54, 1.807) is 12.1 Å². The highest BCUT2D eigenvalue weighted by Crippen LogP contribution is 2.22. The number of carbonyl (C=O) groups excluding carboxylic acids is 2. The van der Waals surface area contributed by atoms with Crippen LogP contribution in [0.25, 0.3) is 0 Å². The van der Waals surface area contributed by atoms with Crippen molar-refractivity contribution in [3.63, 3.8) is 0 Å². The Kier molecular flexibility index (Phi) is 6.48. The van der Waals surface area contributed by atoms with E-state index >= 15 is 0 Å². The molecule has 1 unspecified atom stereocenters. The zero-order chi connectivity index (χ0) is 15.1. The van der Waals surface area contributed by atoms with Gasteiger partial charge in [0.2, 0.25) is 5.91 Å². The van der Waals surface area contributed by atoms with Gasteiger partial charge in [-0.2, -0.15) is 0 Å². The largest absolute Gasteiger partial charge is 0.465 e. The number of esters is 1. The van der Waals surface area contributed by atoms with Gasteiger partial charge in [0.05, 0.1) is 18.4 Å². The van der Waals surface area contributed by atoms with Crippen molar-refractivity contribution in [3.8, 4) is 0 Å². The highest BCUT2D eigenvalue weighted by molar-refractivity contribution is 6.31. The normalized spacial score (nSPS) is 11.8. The molecule has 1 aromatic carbocycles. The Labute approximate surface area is 123 Å². The number of amides is 1. The number of benzene rings is 1. The second-order valence-corrected chi connectivity index (χ2v) is 4.88. The monoisotopic (exact) mass is 298 g/mol. The molecule has 0 heterocycles. The lowest BCUT2D eigenvalue weighted by Crippen LogP contribution is -2.22. The van der Waals surface area contributed by atoms with Crippen LogP contribution >= 0.6 is 11.6 Å². The first-order chi connectivity index (χ1) is 9.51. The topological polar surface area (TPSA) is 81.4 Å². The first-order valence-electron chi connectivity index (χ1n) is 6.39. The van der Waals surface area contributed by atoms with Gasteiger partial charge in [-0.25, -0.2) is 4.79 Å². The van der Waals surface area contributed by atoms with Crippen LogP contribution in [-0.4, -0.2) is 25.5 Å². The van der Waals surface area contributed by atoms with Crippen molar-refractivity contribution >= 4 is 29.2 Å². The zero-order valence-corrected chi connectivity index (χ0v) is 12.4. The third kappa shape index (κ3) is 4.51. The first-order valence-corrected chi connectivity index (χ1v) is 6.77. The van der Waals surface area contributed by atoms with E-state index < -0.39 is 5.97 Å². The van der Waals surface area contributed by atoms with E-state index in [-0.39, 0.29) is 17.4 Å². The Morgan fingerprint density at radius 2 is 2.15 bits per heavy atom. The molecule has 1 atom stereocenters. The van der Waals surface area contributed by atoms with Gasteiger partial charge < -0.3 is 15.8 Å². The summed E-state index contributed by atoms with van der Waals surface area (Å²) in [6.07, 6.45) is 1.14. The van der Waals surface area contributed by atoms with Crippen molar-refractivity contribution in [1.82, 2.24) is 0 Å². The molecule has 110 valence electrons. The van der Waals surface area contributed by atoms with E-state index in [0.29, 0.717) is 23.7 Å². The summed E-state index contributed by atoms with van der Waals surface area (Å²) >= 11 is 5.85. The van der Waals surface area contributed by atoms with Crippen LogP contribution in [0.15, 0.2) is 18.2 Å². The van der Waals surface area contributed by atoms with Crippen molar-refractivity contribution in [3.05, 3.63) is 28.8 Å². The molecule has 0 spiro atoms. The molecular weight excluding hydrogens is 280 g/mol. The number of halogens is 1. The summed E-state index contributed by atoms with van der Waals surface area (Å²) in [5, 5.41) is 3.10. The van der Waals surface area contributed by atoms with Crippen LogP contribution in [0.4, 0.5) is 5.69 Å². The highest BCUT2D eigenvalue weighted by atomic mass is 35.5. The van der Waals surface area contributed by atoms with E-state index in [1.165, 1.54) is 13.2 Å². The van der Waals surface area contributed by atoms with Crippen LogP contribution in [0.2, 0.25) is 5.02 Å². The molecule has 5 nitrogen and oxygen atoms in total. The molecule has 1 aromatic rings. The van der Waals surface area contributed by atoms with Gasteiger partial charge in [0.15, 0.2) is 0 Å². The second-order valence-electron chi connectivity index (χ2n) is 4.44. The predicted octanol–water partition coefficient (Wildman–Crippen LogP) is 2.44. The van der Waals surface area contributed by atoms with Crippen molar-refractivity contribution in [2.45, 2.75) is 19.8 Å². The molecule has 0 saturated carbocycles. The maximum atomic E-state index is 11.9. The van der Waals surface area contributed by atoms with Gasteiger partial charge in [-0.05, 0) is 30.7 Å². The van der Waals surface area contributed by atoms with E-state index in [2.05, 4.69) is 10.1 Å². The molecule has 0 aliphatic heterocycles. The Bertz CT molecular complexity index is 487. The summed E-state index contributed by atoms with van der Waals surface area (Å²) < 4.78 is 4.67. The van der Waals surface area contributed by atoms with Crippen LogP contribution in [0.5, 0.6) is 0 Å². The van der Waals surface area contributed by atoms with Gasteiger partial charge >= 0.3 is 5.97 Å². The fourth-order valence-electron chi connectivity index (χ4n) is 1.76. The van der Waals surface area contributed by atoms with Crippen molar-refractivity contribution in [1.29, 1.82) is 0 Å². The fraction of sp³-hybridized carbons (Fsp3) is 0.429. The minimum atomic E-state index is -0.548. The number of nitrogens with one attached hydrogen (secondary N) is 1. The number of rotatable bonds is 6. The number of nitrogens with two attached hydrogens (primary N) is 1. The average molecular weight is 299 g/mol. The van der Waals surface area contributed by atoms with E-state index in [0.717, 1.165) is 6.42 Å². The Morgan fingerprint density at radius 3 is 2.70 bits per heavy atom. The molecule has 1 amide bonds. The summed E-state index contributed by atoms with van der Waals surface area (Å²) in [6, 6.07) is 4.64. The first kappa shape index (κ1) is 16.5. The van der Waals surface area contributed by atoms with Gasteiger partial charge in [-0.15, -0.1) is 0 Å². The average Bonchev–Trinajstić information content (AvgIpc) is 2.45. The van der Waals surface area contributed by atoms with E-state index in [9.17, 15) is 9.59 Å². The quantitative estimate of drug-likeness (QED) is 0.790. The number of methoxy groups -OCH3 is 1. The Morgan fingerprint density at radius 1 is 1.45 bits per heavy atom. The minimum Gasteiger partial charge on any atom is -0.465 e. The molecule has 20 heavy (non-hydrogen) atoms. The lowest BCUT2D eigenvalue weighted by Gasteiger charge is -2.14. The molecule has 0 saturated heterocycles. The SMILES string of the molecule is CCC(CN)CC(=O)Nc1ccc(Cl)cc1C(=O)OC. The Balaban J connectivity index is 2.86. The van der Waals surface area contributed by atoms with Gasteiger partial charge in [-0.3, -0.25) is 4.79 Å². The van der Waals surface area contributed by atoms with Crippen LogP contribution in [0, 0.1) is 5.92 Å². The van der Waals surface area contributed by atoms with Gasteiger partial charge in [0.25, 0.3) is 0 Å². The maximum absolute atomic E-state index is 11.9. The number of hydrogen-bond acceptors (Lipinski definition) is 4.